The molecule has 1 aromatic rings. The highest BCUT2D eigenvalue weighted by atomic mass is 16.5. The van der Waals surface area contributed by atoms with Crippen LogP contribution in [0, 0.1) is 0 Å². The Bertz CT molecular complexity index is 496. The molecule has 5 heteroatoms. The second-order valence-corrected chi connectivity index (χ2v) is 6.09. The van der Waals surface area contributed by atoms with Crippen LogP contribution in [0.1, 0.15) is 31.4 Å². The summed E-state index contributed by atoms with van der Waals surface area (Å²) in [6, 6.07) is 4.09. The second-order valence-electron chi connectivity index (χ2n) is 6.09. The molecular weight excluding hydrogens is 268 g/mol. The first-order valence-corrected chi connectivity index (χ1v) is 7.63. The number of ether oxygens (including phenoxy) is 2. The maximum Gasteiger partial charge on any atom is 0.141 e. The number of nitrogens with zero attached hydrogens (tertiary/aromatic N) is 2. The van der Waals surface area contributed by atoms with E-state index in [1.165, 1.54) is 0 Å². The number of aliphatic hydroxyl groups excluding tert-OH is 1. The minimum absolute atomic E-state index is 0.0960. The van der Waals surface area contributed by atoms with E-state index >= 15 is 0 Å². The Labute approximate surface area is 125 Å². The summed E-state index contributed by atoms with van der Waals surface area (Å²) in [6.07, 6.45) is 5.16. The molecule has 1 aliphatic carbocycles. The Morgan fingerprint density at radius 1 is 1.43 bits per heavy atom. The number of fused-ring (bicyclic) bond motifs is 1. The van der Waals surface area contributed by atoms with Crippen LogP contribution in [0.4, 0.5) is 0 Å². The smallest absolute Gasteiger partial charge is 0.141 e. The van der Waals surface area contributed by atoms with Crippen molar-refractivity contribution in [3.63, 3.8) is 0 Å². The molecule has 0 unspecified atom stereocenters. The minimum atomic E-state index is -0.218. The highest BCUT2D eigenvalue weighted by Crippen LogP contribution is 2.43. The predicted molar refractivity (Wildman–Crippen MR) is 79.2 cm³/mol. The summed E-state index contributed by atoms with van der Waals surface area (Å²) in [5, 5.41) is 10.0. The molecule has 0 amide bonds. The number of methoxy groups -OCH3 is 2. The van der Waals surface area contributed by atoms with Crippen LogP contribution in [0.3, 0.4) is 0 Å². The first-order valence-electron chi connectivity index (χ1n) is 7.63. The van der Waals surface area contributed by atoms with E-state index in [-0.39, 0.29) is 17.7 Å². The molecule has 0 bridgehead atoms. The average molecular weight is 292 g/mol. The predicted octanol–water partition coefficient (Wildman–Crippen LogP) is 1.59. The zero-order chi connectivity index (χ0) is 14.9. The van der Waals surface area contributed by atoms with Crippen LogP contribution in [0.2, 0.25) is 0 Å². The number of hydrogen-bond donors (Lipinski definition) is 1. The highest BCUT2D eigenvalue weighted by molar-refractivity contribution is 5.27. The van der Waals surface area contributed by atoms with E-state index < -0.39 is 0 Å². The molecule has 1 saturated carbocycles. The largest absolute Gasteiger partial charge is 0.495 e. The summed E-state index contributed by atoms with van der Waals surface area (Å²) < 4.78 is 11.3. The molecule has 116 valence electrons. The molecule has 21 heavy (non-hydrogen) atoms. The number of rotatable bonds is 4. The van der Waals surface area contributed by atoms with Crippen molar-refractivity contribution in [1.29, 1.82) is 0 Å². The van der Waals surface area contributed by atoms with Gasteiger partial charge in [-0.2, -0.15) is 0 Å². The third kappa shape index (κ3) is 2.65. The standard InChI is InChI=1S/C16H24N2O3/c1-20-14-4-3-8-17-13(14)11-18-9-7-16(21-2)6-5-12(19)10-15(16)18/h3-4,8,12,15,19H,5-7,9-11H2,1-2H3/t12-,15-,16+/m0/s1. The molecule has 0 spiro atoms. The van der Waals surface area contributed by atoms with Gasteiger partial charge in [0.15, 0.2) is 0 Å². The van der Waals surface area contributed by atoms with Crippen LogP contribution in [0.15, 0.2) is 18.3 Å². The topological polar surface area (TPSA) is 54.8 Å². The lowest BCUT2D eigenvalue weighted by Gasteiger charge is -2.42. The van der Waals surface area contributed by atoms with Gasteiger partial charge in [0, 0.05) is 32.4 Å². The zero-order valence-electron chi connectivity index (χ0n) is 12.8. The van der Waals surface area contributed by atoms with Crippen LogP contribution in [-0.4, -0.2) is 53.5 Å². The molecule has 2 aliphatic rings. The van der Waals surface area contributed by atoms with Crippen LogP contribution in [0.5, 0.6) is 5.75 Å². The maximum atomic E-state index is 10.0. The van der Waals surface area contributed by atoms with E-state index in [0.717, 1.165) is 50.2 Å². The SMILES string of the molecule is COc1cccnc1CN1CC[C@]2(OC)CC[C@H](O)C[C@H]12. The summed E-state index contributed by atoms with van der Waals surface area (Å²) in [5.74, 6) is 0.823. The van der Waals surface area contributed by atoms with Crippen molar-refractivity contribution in [2.75, 3.05) is 20.8 Å². The molecule has 1 saturated heterocycles. The van der Waals surface area contributed by atoms with Crippen LogP contribution in [-0.2, 0) is 11.3 Å². The van der Waals surface area contributed by atoms with Crippen molar-refractivity contribution < 1.29 is 14.6 Å². The van der Waals surface area contributed by atoms with Crippen molar-refractivity contribution in [2.24, 2.45) is 0 Å². The van der Waals surface area contributed by atoms with Gasteiger partial charge in [0.05, 0.1) is 24.5 Å². The summed E-state index contributed by atoms with van der Waals surface area (Å²) in [4.78, 5) is 6.83. The highest BCUT2D eigenvalue weighted by Gasteiger charge is 2.50. The van der Waals surface area contributed by atoms with Crippen LogP contribution in [0.25, 0.3) is 0 Å². The van der Waals surface area contributed by atoms with Gasteiger partial charge in [-0.15, -0.1) is 0 Å². The van der Waals surface area contributed by atoms with E-state index in [0.29, 0.717) is 0 Å². The molecular formula is C16H24N2O3. The molecule has 0 aromatic carbocycles. The van der Waals surface area contributed by atoms with Crippen molar-refractivity contribution >= 4 is 0 Å². The summed E-state index contributed by atoms with van der Waals surface area (Å²) in [6.45, 7) is 1.72. The van der Waals surface area contributed by atoms with Crippen LogP contribution >= 0.6 is 0 Å². The summed E-state index contributed by atoms with van der Waals surface area (Å²) in [7, 11) is 3.48. The lowest BCUT2D eigenvalue weighted by molar-refractivity contribution is -0.0881. The molecule has 3 atom stereocenters. The third-order valence-corrected chi connectivity index (χ3v) is 5.09. The van der Waals surface area contributed by atoms with Crippen molar-refractivity contribution in [3.8, 4) is 5.75 Å². The number of aromatic nitrogens is 1. The fourth-order valence-electron chi connectivity index (χ4n) is 3.88. The number of aliphatic hydroxyl groups is 1. The van der Waals surface area contributed by atoms with E-state index in [9.17, 15) is 5.11 Å². The third-order valence-electron chi connectivity index (χ3n) is 5.09. The monoisotopic (exact) mass is 292 g/mol. The lowest BCUT2D eigenvalue weighted by atomic mass is 9.79. The Morgan fingerprint density at radius 2 is 2.29 bits per heavy atom. The van der Waals surface area contributed by atoms with E-state index in [2.05, 4.69) is 9.88 Å². The van der Waals surface area contributed by atoms with Gasteiger partial charge in [0.2, 0.25) is 0 Å². The van der Waals surface area contributed by atoms with Gasteiger partial charge in [-0.3, -0.25) is 9.88 Å². The molecule has 1 aromatic heterocycles. The fourth-order valence-corrected chi connectivity index (χ4v) is 3.88. The van der Waals surface area contributed by atoms with Gasteiger partial charge in [-0.05, 0) is 37.8 Å². The number of likely N-dealkylation sites (tertiary alicyclic amines) is 1. The fraction of sp³-hybridized carbons (Fsp3) is 0.688. The molecule has 1 N–H and O–H groups in total. The van der Waals surface area contributed by atoms with Gasteiger partial charge in [0.25, 0.3) is 0 Å². The number of pyridine rings is 1. The van der Waals surface area contributed by atoms with E-state index in [4.69, 9.17) is 9.47 Å². The van der Waals surface area contributed by atoms with Gasteiger partial charge in [-0.1, -0.05) is 0 Å². The first-order chi connectivity index (χ1) is 10.2. The second kappa shape index (κ2) is 5.91. The summed E-state index contributed by atoms with van der Waals surface area (Å²) in [5.41, 5.74) is 0.855. The van der Waals surface area contributed by atoms with E-state index in [1.807, 2.05) is 12.1 Å². The summed E-state index contributed by atoms with van der Waals surface area (Å²) >= 11 is 0. The first kappa shape index (κ1) is 14.8. The molecule has 3 rings (SSSR count). The average Bonchev–Trinajstić information content (AvgIpc) is 2.87. The minimum Gasteiger partial charge on any atom is -0.495 e. The molecule has 5 nitrogen and oxygen atoms in total. The maximum absolute atomic E-state index is 10.0. The zero-order valence-corrected chi connectivity index (χ0v) is 12.8. The Balaban J connectivity index is 1.80. The Hall–Kier alpha value is -1.17. The van der Waals surface area contributed by atoms with Crippen molar-refractivity contribution in [1.82, 2.24) is 9.88 Å². The van der Waals surface area contributed by atoms with Gasteiger partial charge >= 0.3 is 0 Å². The molecule has 2 fully saturated rings. The molecule has 1 aliphatic heterocycles. The van der Waals surface area contributed by atoms with Crippen molar-refractivity contribution in [3.05, 3.63) is 24.0 Å². The van der Waals surface area contributed by atoms with E-state index in [1.54, 1.807) is 20.4 Å². The normalized spacial score (nSPS) is 32.9. The van der Waals surface area contributed by atoms with Gasteiger partial charge in [-0.25, -0.2) is 0 Å². The molecule has 0 radical (unpaired) electrons. The quantitative estimate of drug-likeness (QED) is 0.913. The number of hydrogen-bond acceptors (Lipinski definition) is 5. The van der Waals surface area contributed by atoms with Crippen LogP contribution < -0.4 is 4.74 Å². The Morgan fingerprint density at radius 3 is 3.05 bits per heavy atom. The lowest BCUT2D eigenvalue weighted by Crippen LogP contribution is -2.51. The molecule has 2 heterocycles. The van der Waals surface area contributed by atoms with Gasteiger partial charge < -0.3 is 14.6 Å². The van der Waals surface area contributed by atoms with Crippen molar-refractivity contribution in [2.45, 2.75) is 50.0 Å². The van der Waals surface area contributed by atoms with Gasteiger partial charge in [0.1, 0.15) is 5.75 Å². The Kier molecular flexibility index (Phi) is 4.15.